The Balaban J connectivity index is 1.25. The largest absolute Gasteiger partial charge is 0.361 e. The van der Waals surface area contributed by atoms with Crippen LogP contribution in [0.3, 0.4) is 0 Å². The number of benzene rings is 1. The summed E-state index contributed by atoms with van der Waals surface area (Å²) < 4.78 is 0. The summed E-state index contributed by atoms with van der Waals surface area (Å²) in [5.74, 6) is 0. The first kappa shape index (κ1) is 16.9. The van der Waals surface area contributed by atoms with Crippen LogP contribution in [0.2, 0.25) is 5.02 Å². The maximum atomic E-state index is 6.13. The smallest absolute Gasteiger partial charge is 0.0457 e. The second-order valence-corrected chi connectivity index (χ2v) is 8.10. The molecule has 0 bridgehead atoms. The highest BCUT2D eigenvalue weighted by atomic mass is 35.5. The van der Waals surface area contributed by atoms with Crippen molar-refractivity contribution in [1.82, 2.24) is 9.88 Å². The fourth-order valence-corrected chi connectivity index (χ4v) is 4.58. The van der Waals surface area contributed by atoms with Gasteiger partial charge >= 0.3 is 0 Å². The van der Waals surface area contributed by atoms with Gasteiger partial charge in [0, 0.05) is 40.1 Å². The van der Waals surface area contributed by atoms with E-state index in [1.54, 1.807) is 0 Å². The molecule has 4 heteroatoms. The number of aryl methyl sites for hydroxylation is 1. The lowest BCUT2D eigenvalue weighted by Gasteiger charge is -2.25. The second kappa shape index (κ2) is 7.77. The molecule has 0 unspecified atom stereocenters. The number of aromatic nitrogens is 1. The van der Waals surface area contributed by atoms with Gasteiger partial charge in [0.15, 0.2) is 0 Å². The molecule has 4 rings (SSSR count). The molecule has 0 saturated heterocycles. The first-order valence-corrected chi connectivity index (χ1v) is 10.3. The summed E-state index contributed by atoms with van der Waals surface area (Å²) in [6, 6.07) is 10.5. The molecule has 0 radical (unpaired) electrons. The van der Waals surface area contributed by atoms with Crippen LogP contribution in [0.4, 0.5) is 0 Å². The molecule has 0 spiro atoms. The average molecular weight is 371 g/mol. The van der Waals surface area contributed by atoms with Crippen molar-refractivity contribution < 1.29 is 0 Å². The average Bonchev–Trinajstić information content (AvgIpc) is 3.29. The lowest BCUT2D eigenvalue weighted by Crippen LogP contribution is -2.29. The minimum atomic E-state index is 0.815. The standard InChI is InChI=1S/C21H23ClN2S/c22-18-6-7-20-19(14-18)17(15-23-20)4-1-2-10-24-11-8-16(9-12-24)21-5-3-13-25-21/h3,5-8,13-15,23H,1-2,4,9-12H2. The molecule has 0 amide bonds. The number of hydrogen-bond acceptors (Lipinski definition) is 2. The van der Waals surface area contributed by atoms with Crippen LogP contribution in [-0.4, -0.2) is 29.5 Å². The lowest BCUT2D eigenvalue weighted by atomic mass is 10.0. The van der Waals surface area contributed by atoms with E-state index in [9.17, 15) is 0 Å². The molecule has 1 aliphatic rings. The first-order chi connectivity index (χ1) is 12.3. The Kier molecular flexibility index (Phi) is 5.25. The van der Waals surface area contributed by atoms with Gasteiger partial charge in [-0.3, -0.25) is 4.90 Å². The lowest BCUT2D eigenvalue weighted by molar-refractivity contribution is 0.295. The van der Waals surface area contributed by atoms with Crippen molar-refractivity contribution in [3.8, 4) is 0 Å². The van der Waals surface area contributed by atoms with Crippen LogP contribution in [-0.2, 0) is 6.42 Å². The Bertz CT molecular complexity index is 863. The molecular weight excluding hydrogens is 348 g/mol. The van der Waals surface area contributed by atoms with E-state index in [1.807, 2.05) is 17.4 Å². The number of halogens is 1. The van der Waals surface area contributed by atoms with E-state index in [1.165, 1.54) is 59.3 Å². The van der Waals surface area contributed by atoms with Gasteiger partial charge in [0.1, 0.15) is 0 Å². The normalized spacial score (nSPS) is 15.6. The zero-order chi connectivity index (χ0) is 17.1. The van der Waals surface area contributed by atoms with Gasteiger partial charge in [0.25, 0.3) is 0 Å². The Hall–Kier alpha value is -1.55. The molecule has 25 heavy (non-hydrogen) atoms. The van der Waals surface area contributed by atoms with Crippen molar-refractivity contribution in [3.63, 3.8) is 0 Å². The van der Waals surface area contributed by atoms with Crippen molar-refractivity contribution in [3.05, 3.63) is 63.4 Å². The highest BCUT2D eigenvalue weighted by Gasteiger charge is 2.13. The van der Waals surface area contributed by atoms with Crippen LogP contribution in [0.25, 0.3) is 16.5 Å². The van der Waals surface area contributed by atoms with Crippen LogP contribution in [0.5, 0.6) is 0 Å². The molecule has 0 aliphatic carbocycles. The highest BCUT2D eigenvalue weighted by Crippen LogP contribution is 2.26. The van der Waals surface area contributed by atoms with Gasteiger partial charge < -0.3 is 4.98 Å². The zero-order valence-electron chi connectivity index (χ0n) is 14.3. The predicted octanol–water partition coefficient (Wildman–Crippen LogP) is 5.99. The fraction of sp³-hybridized carbons (Fsp3) is 0.333. The monoisotopic (exact) mass is 370 g/mol. The van der Waals surface area contributed by atoms with Crippen molar-refractivity contribution in [2.75, 3.05) is 19.6 Å². The van der Waals surface area contributed by atoms with Crippen LogP contribution in [0, 0.1) is 0 Å². The van der Waals surface area contributed by atoms with E-state index in [2.05, 4.69) is 51.8 Å². The number of nitrogens with zero attached hydrogens (tertiary/aromatic N) is 1. The number of rotatable bonds is 6. The van der Waals surface area contributed by atoms with E-state index in [0.29, 0.717) is 0 Å². The third kappa shape index (κ3) is 4.00. The van der Waals surface area contributed by atoms with Gasteiger partial charge in [0.05, 0.1) is 0 Å². The first-order valence-electron chi connectivity index (χ1n) is 9.00. The van der Waals surface area contributed by atoms with Crippen molar-refractivity contribution in [1.29, 1.82) is 0 Å². The predicted molar refractivity (Wildman–Crippen MR) is 110 cm³/mol. The molecule has 1 aromatic carbocycles. The number of H-pyrrole nitrogens is 1. The fourth-order valence-electron chi connectivity index (χ4n) is 3.61. The van der Waals surface area contributed by atoms with Gasteiger partial charge in [-0.2, -0.15) is 0 Å². The minimum Gasteiger partial charge on any atom is -0.361 e. The van der Waals surface area contributed by atoms with E-state index in [4.69, 9.17) is 11.6 Å². The Morgan fingerprint density at radius 3 is 2.96 bits per heavy atom. The second-order valence-electron chi connectivity index (χ2n) is 6.72. The topological polar surface area (TPSA) is 19.0 Å². The third-order valence-corrected chi connectivity index (χ3v) is 6.21. The van der Waals surface area contributed by atoms with Crippen LogP contribution >= 0.6 is 22.9 Å². The summed E-state index contributed by atoms with van der Waals surface area (Å²) in [5.41, 5.74) is 4.10. The number of hydrogen-bond donors (Lipinski definition) is 1. The molecule has 0 saturated carbocycles. The maximum absolute atomic E-state index is 6.13. The number of nitrogens with one attached hydrogen (secondary N) is 1. The third-order valence-electron chi connectivity index (χ3n) is 5.03. The van der Waals surface area contributed by atoms with Gasteiger partial charge in [-0.1, -0.05) is 23.7 Å². The molecule has 2 aromatic heterocycles. The Morgan fingerprint density at radius 1 is 1.20 bits per heavy atom. The molecule has 0 fully saturated rings. The summed E-state index contributed by atoms with van der Waals surface area (Å²) in [6.07, 6.45) is 9.31. The van der Waals surface area contributed by atoms with Crippen LogP contribution in [0.1, 0.15) is 29.7 Å². The summed E-state index contributed by atoms with van der Waals surface area (Å²) in [6.45, 7) is 3.47. The number of fused-ring (bicyclic) bond motifs is 1. The summed E-state index contributed by atoms with van der Waals surface area (Å²) in [7, 11) is 0. The van der Waals surface area contributed by atoms with Crippen LogP contribution in [0.15, 0.2) is 48.0 Å². The van der Waals surface area contributed by atoms with E-state index >= 15 is 0 Å². The SMILES string of the molecule is Clc1ccc2[nH]cc(CCCCN3CC=C(c4cccs4)CC3)c2c1. The van der Waals surface area contributed by atoms with Crippen molar-refractivity contribution >= 4 is 39.4 Å². The van der Waals surface area contributed by atoms with E-state index < -0.39 is 0 Å². The molecule has 3 aromatic rings. The highest BCUT2D eigenvalue weighted by molar-refractivity contribution is 7.11. The minimum absolute atomic E-state index is 0.815. The van der Waals surface area contributed by atoms with Crippen LogP contribution < -0.4 is 0 Å². The van der Waals surface area contributed by atoms with Gasteiger partial charge in [-0.25, -0.2) is 0 Å². The Labute approximate surface area is 158 Å². The Morgan fingerprint density at radius 2 is 2.16 bits per heavy atom. The summed E-state index contributed by atoms with van der Waals surface area (Å²) in [5, 5.41) is 4.25. The van der Waals surface area contributed by atoms with Gasteiger partial charge in [-0.05, 0) is 73.0 Å². The number of unbranched alkanes of at least 4 members (excludes halogenated alkanes) is 1. The summed E-state index contributed by atoms with van der Waals surface area (Å²) >= 11 is 7.99. The molecule has 3 heterocycles. The van der Waals surface area contributed by atoms with Crippen molar-refractivity contribution in [2.24, 2.45) is 0 Å². The van der Waals surface area contributed by atoms with E-state index in [-0.39, 0.29) is 0 Å². The van der Waals surface area contributed by atoms with Gasteiger partial charge in [-0.15, -0.1) is 11.3 Å². The molecular formula is C21H23ClN2S. The molecule has 0 atom stereocenters. The van der Waals surface area contributed by atoms with Gasteiger partial charge in [0.2, 0.25) is 0 Å². The maximum Gasteiger partial charge on any atom is 0.0457 e. The molecule has 1 N–H and O–H groups in total. The van der Waals surface area contributed by atoms with E-state index in [0.717, 1.165) is 18.0 Å². The zero-order valence-corrected chi connectivity index (χ0v) is 15.9. The van der Waals surface area contributed by atoms with Crippen molar-refractivity contribution in [2.45, 2.75) is 25.7 Å². The molecule has 2 nitrogen and oxygen atoms in total. The molecule has 1 aliphatic heterocycles. The molecule has 130 valence electrons. The summed E-state index contributed by atoms with van der Waals surface area (Å²) in [4.78, 5) is 7.36. The number of aromatic amines is 1. The quantitative estimate of drug-likeness (QED) is 0.527. The number of thiophene rings is 1.